The van der Waals surface area contributed by atoms with Gasteiger partial charge in [0.1, 0.15) is 24.0 Å². The standard InChI is InChI=1S/C12H15ClN4O4/c13-9(5-21-7-18)10-11(17(19)20)12(15-6-14-10)16-8-3-1-2-4-8/h6-9H,1-5H2,(H,14,15,16). The fourth-order valence-corrected chi connectivity index (χ4v) is 2.61. The number of nitro groups is 1. The second-order valence-electron chi connectivity index (χ2n) is 4.74. The Hall–Kier alpha value is -1.96. The quantitative estimate of drug-likeness (QED) is 0.355. The Bertz CT molecular complexity index is 522. The average Bonchev–Trinajstić information content (AvgIpc) is 2.97. The van der Waals surface area contributed by atoms with Crippen molar-refractivity contribution in [1.29, 1.82) is 0 Å². The van der Waals surface area contributed by atoms with Gasteiger partial charge in [-0.1, -0.05) is 12.8 Å². The number of rotatable bonds is 7. The lowest BCUT2D eigenvalue weighted by Crippen LogP contribution is -2.18. The van der Waals surface area contributed by atoms with Crippen LogP contribution in [0.25, 0.3) is 0 Å². The van der Waals surface area contributed by atoms with E-state index in [-0.39, 0.29) is 36.3 Å². The van der Waals surface area contributed by atoms with Crippen LogP contribution >= 0.6 is 11.6 Å². The van der Waals surface area contributed by atoms with Gasteiger partial charge in [-0.05, 0) is 12.8 Å². The minimum absolute atomic E-state index is 0.0408. The molecule has 0 bridgehead atoms. The molecule has 114 valence electrons. The van der Waals surface area contributed by atoms with Gasteiger partial charge >= 0.3 is 5.69 Å². The van der Waals surface area contributed by atoms with Crippen LogP contribution in [0.15, 0.2) is 6.33 Å². The van der Waals surface area contributed by atoms with E-state index in [9.17, 15) is 14.9 Å². The van der Waals surface area contributed by atoms with Crippen molar-refractivity contribution in [3.63, 3.8) is 0 Å². The van der Waals surface area contributed by atoms with Crippen LogP contribution in [0.2, 0.25) is 0 Å². The van der Waals surface area contributed by atoms with Gasteiger partial charge in [0.2, 0.25) is 5.82 Å². The number of carbonyl (C=O) groups excluding carboxylic acids is 1. The van der Waals surface area contributed by atoms with Crippen LogP contribution in [0.5, 0.6) is 0 Å². The highest BCUT2D eigenvalue weighted by atomic mass is 35.5. The van der Waals surface area contributed by atoms with Gasteiger partial charge in [0.05, 0.1) is 4.92 Å². The summed E-state index contributed by atoms with van der Waals surface area (Å²) in [6, 6.07) is 0.173. The molecule has 0 spiro atoms. The van der Waals surface area contributed by atoms with E-state index in [4.69, 9.17) is 11.6 Å². The topological polar surface area (TPSA) is 107 Å². The summed E-state index contributed by atoms with van der Waals surface area (Å²) in [6.45, 7) is 0.0475. The number of aromatic nitrogens is 2. The highest BCUT2D eigenvalue weighted by molar-refractivity contribution is 6.21. The van der Waals surface area contributed by atoms with Gasteiger partial charge in [-0.15, -0.1) is 11.6 Å². The van der Waals surface area contributed by atoms with Crippen LogP contribution < -0.4 is 5.32 Å². The molecule has 1 unspecified atom stereocenters. The molecule has 1 aliphatic rings. The molecule has 1 fully saturated rings. The molecule has 1 heterocycles. The molecule has 1 saturated carbocycles. The fraction of sp³-hybridized carbons (Fsp3) is 0.583. The zero-order chi connectivity index (χ0) is 15.2. The Balaban J connectivity index is 2.27. The Morgan fingerprint density at radius 2 is 2.24 bits per heavy atom. The SMILES string of the molecule is O=COCC(Cl)c1ncnc(NC2CCCC2)c1[N+](=O)[O-]. The number of alkyl halides is 1. The van der Waals surface area contributed by atoms with E-state index in [0.29, 0.717) is 0 Å². The van der Waals surface area contributed by atoms with E-state index in [1.165, 1.54) is 6.33 Å². The first-order valence-corrected chi connectivity index (χ1v) is 7.02. The molecular formula is C12H15ClN4O4. The molecule has 0 saturated heterocycles. The molecule has 21 heavy (non-hydrogen) atoms. The van der Waals surface area contributed by atoms with Crippen molar-refractivity contribution in [2.24, 2.45) is 0 Å². The summed E-state index contributed by atoms with van der Waals surface area (Å²) >= 11 is 6.02. The third kappa shape index (κ3) is 3.78. The summed E-state index contributed by atoms with van der Waals surface area (Å²) in [6.07, 6.45) is 5.31. The number of nitrogens with one attached hydrogen (secondary N) is 1. The average molecular weight is 315 g/mol. The minimum Gasteiger partial charge on any atom is -0.466 e. The first-order valence-electron chi connectivity index (χ1n) is 6.58. The number of halogens is 1. The molecule has 9 heteroatoms. The van der Waals surface area contributed by atoms with E-state index in [2.05, 4.69) is 20.0 Å². The van der Waals surface area contributed by atoms with E-state index >= 15 is 0 Å². The molecule has 0 amide bonds. The first kappa shape index (κ1) is 15.4. The van der Waals surface area contributed by atoms with Crippen molar-refractivity contribution >= 4 is 29.6 Å². The first-order chi connectivity index (χ1) is 10.1. The summed E-state index contributed by atoms with van der Waals surface area (Å²) in [5.74, 6) is 0.161. The van der Waals surface area contributed by atoms with Gasteiger partial charge in [0.25, 0.3) is 6.47 Å². The largest absolute Gasteiger partial charge is 0.466 e. The molecule has 8 nitrogen and oxygen atoms in total. The van der Waals surface area contributed by atoms with E-state index in [0.717, 1.165) is 25.7 Å². The fourth-order valence-electron chi connectivity index (χ4n) is 2.37. The normalized spacial score (nSPS) is 16.4. The zero-order valence-corrected chi connectivity index (χ0v) is 12.0. The number of anilines is 1. The third-order valence-electron chi connectivity index (χ3n) is 3.34. The van der Waals surface area contributed by atoms with Gasteiger partial charge in [-0.25, -0.2) is 9.97 Å². The van der Waals surface area contributed by atoms with Crippen molar-refractivity contribution in [2.45, 2.75) is 37.1 Å². The summed E-state index contributed by atoms with van der Waals surface area (Å²) in [5.41, 5.74) is -0.224. The van der Waals surface area contributed by atoms with Crippen LogP contribution in [0.3, 0.4) is 0 Å². The number of hydrogen-bond donors (Lipinski definition) is 1. The molecule has 0 radical (unpaired) electrons. The molecule has 2 rings (SSSR count). The van der Waals surface area contributed by atoms with E-state index in [1.54, 1.807) is 0 Å². The maximum absolute atomic E-state index is 11.3. The smallest absolute Gasteiger partial charge is 0.334 e. The molecule has 0 aromatic carbocycles. The Labute approximate surface area is 126 Å². The molecule has 1 aromatic rings. The zero-order valence-electron chi connectivity index (χ0n) is 11.2. The Kier molecular flexibility index (Phi) is 5.26. The lowest BCUT2D eigenvalue weighted by atomic mass is 10.2. The second-order valence-corrected chi connectivity index (χ2v) is 5.26. The van der Waals surface area contributed by atoms with E-state index < -0.39 is 10.3 Å². The predicted octanol–water partition coefficient (Wildman–Crippen LogP) is 2.19. The van der Waals surface area contributed by atoms with Crippen LogP contribution in [-0.2, 0) is 9.53 Å². The van der Waals surface area contributed by atoms with Crippen molar-refractivity contribution in [3.8, 4) is 0 Å². The summed E-state index contributed by atoms with van der Waals surface area (Å²) < 4.78 is 4.54. The summed E-state index contributed by atoms with van der Waals surface area (Å²) in [4.78, 5) is 28.8. The van der Waals surface area contributed by atoms with Crippen LogP contribution in [0.4, 0.5) is 11.5 Å². The number of carbonyl (C=O) groups is 1. The van der Waals surface area contributed by atoms with Crippen molar-refractivity contribution in [3.05, 3.63) is 22.1 Å². The van der Waals surface area contributed by atoms with Crippen molar-refractivity contribution < 1.29 is 14.5 Å². The Morgan fingerprint density at radius 3 is 2.86 bits per heavy atom. The second kappa shape index (κ2) is 7.16. The van der Waals surface area contributed by atoms with Crippen LogP contribution in [-0.4, -0.2) is 34.0 Å². The van der Waals surface area contributed by atoms with Gasteiger partial charge < -0.3 is 10.1 Å². The van der Waals surface area contributed by atoms with Gasteiger partial charge in [-0.2, -0.15) is 0 Å². The molecule has 1 aliphatic carbocycles. The summed E-state index contributed by atoms with van der Waals surface area (Å²) in [7, 11) is 0. The van der Waals surface area contributed by atoms with Gasteiger partial charge in [-0.3, -0.25) is 14.9 Å². The van der Waals surface area contributed by atoms with Gasteiger partial charge in [0.15, 0.2) is 0 Å². The monoisotopic (exact) mass is 314 g/mol. The molecule has 0 aliphatic heterocycles. The summed E-state index contributed by atoms with van der Waals surface area (Å²) in [5, 5.41) is 13.5. The van der Waals surface area contributed by atoms with Crippen LogP contribution in [0, 0.1) is 10.1 Å². The third-order valence-corrected chi connectivity index (χ3v) is 3.67. The predicted molar refractivity (Wildman–Crippen MR) is 75.2 cm³/mol. The minimum atomic E-state index is -0.900. The maximum atomic E-state index is 11.3. The number of ether oxygens (including phenoxy) is 1. The number of nitrogens with zero attached hydrogens (tertiary/aromatic N) is 3. The highest BCUT2D eigenvalue weighted by Crippen LogP contribution is 2.34. The lowest BCUT2D eigenvalue weighted by molar-refractivity contribution is -0.385. The van der Waals surface area contributed by atoms with Crippen molar-refractivity contribution in [2.75, 3.05) is 11.9 Å². The van der Waals surface area contributed by atoms with E-state index in [1.807, 2.05) is 0 Å². The van der Waals surface area contributed by atoms with Crippen molar-refractivity contribution in [1.82, 2.24) is 9.97 Å². The highest BCUT2D eigenvalue weighted by Gasteiger charge is 2.29. The number of hydrogen-bond acceptors (Lipinski definition) is 7. The molecule has 1 atom stereocenters. The molecule has 1 aromatic heterocycles. The maximum Gasteiger partial charge on any atom is 0.334 e. The molecular weight excluding hydrogens is 300 g/mol. The van der Waals surface area contributed by atoms with Gasteiger partial charge in [0, 0.05) is 6.04 Å². The molecule has 1 N–H and O–H groups in total. The van der Waals surface area contributed by atoms with Crippen LogP contribution in [0.1, 0.15) is 36.8 Å². The Morgan fingerprint density at radius 1 is 1.52 bits per heavy atom. The lowest BCUT2D eigenvalue weighted by Gasteiger charge is -2.14.